The van der Waals surface area contributed by atoms with Crippen LogP contribution in [-0.2, 0) is 6.54 Å². The van der Waals surface area contributed by atoms with E-state index in [0.717, 1.165) is 11.1 Å². The first-order valence-electron chi connectivity index (χ1n) is 8.35. The molecule has 0 radical (unpaired) electrons. The Bertz CT molecular complexity index is 798. The van der Waals surface area contributed by atoms with Crippen LogP contribution in [0.4, 0.5) is 0 Å². The Morgan fingerprint density at radius 1 is 1.24 bits per heavy atom. The van der Waals surface area contributed by atoms with Crippen LogP contribution in [0.1, 0.15) is 21.5 Å². The number of aromatic hydroxyl groups is 1. The standard InChI is InChI=1S/C20H21N3O2/c1-15-7-8-18(19(24)11-15)20(25)23-10-9-22(17(12-21)14-23)13-16-5-3-2-4-6-16/h2-8,11,17,24H,9-10,13-14H2,1H3. The number of hydrogen-bond donors (Lipinski definition) is 1. The van der Waals surface area contributed by atoms with Crippen molar-refractivity contribution < 1.29 is 9.90 Å². The van der Waals surface area contributed by atoms with E-state index in [-0.39, 0.29) is 17.7 Å². The van der Waals surface area contributed by atoms with E-state index in [0.29, 0.717) is 31.7 Å². The molecule has 5 nitrogen and oxygen atoms in total. The SMILES string of the molecule is Cc1ccc(C(=O)N2CCN(Cc3ccccc3)C(C#N)C2)c(O)c1. The third kappa shape index (κ3) is 3.81. The maximum absolute atomic E-state index is 12.7. The first kappa shape index (κ1) is 17.0. The second-order valence-corrected chi connectivity index (χ2v) is 6.37. The van der Waals surface area contributed by atoms with Gasteiger partial charge in [0.2, 0.25) is 0 Å². The molecule has 1 atom stereocenters. The molecule has 2 aromatic carbocycles. The monoisotopic (exact) mass is 335 g/mol. The van der Waals surface area contributed by atoms with Gasteiger partial charge in [-0.25, -0.2) is 0 Å². The van der Waals surface area contributed by atoms with E-state index in [1.165, 1.54) is 0 Å². The molecule has 0 aliphatic carbocycles. The molecule has 1 aliphatic heterocycles. The van der Waals surface area contributed by atoms with Crippen molar-refractivity contribution in [3.63, 3.8) is 0 Å². The van der Waals surface area contributed by atoms with Gasteiger partial charge in [-0.1, -0.05) is 36.4 Å². The van der Waals surface area contributed by atoms with Gasteiger partial charge in [0.15, 0.2) is 0 Å². The highest BCUT2D eigenvalue weighted by Crippen LogP contribution is 2.22. The zero-order valence-electron chi connectivity index (χ0n) is 14.2. The van der Waals surface area contributed by atoms with Gasteiger partial charge in [0.25, 0.3) is 5.91 Å². The highest BCUT2D eigenvalue weighted by molar-refractivity contribution is 5.97. The number of amides is 1. The van der Waals surface area contributed by atoms with Gasteiger partial charge < -0.3 is 10.0 Å². The topological polar surface area (TPSA) is 67.6 Å². The van der Waals surface area contributed by atoms with Crippen LogP contribution in [-0.4, -0.2) is 46.5 Å². The number of piperazine rings is 1. The summed E-state index contributed by atoms with van der Waals surface area (Å²) in [6.07, 6.45) is 0. The molecule has 1 fully saturated rings. The quantitative estimate of drug-likeness (QED) is 0.936. The van der Waals surface area contributed by atoms with E-state index in [2.05, 4.69) is 11.0 Å². The van der Waals surface area contributed by atoms with E-state index >= 15 is 0 Å². The van der Waals surface area contributed by atoms with Gasteiger partial charge in [0.1, 0.15) is 11.8 Å². The summed E-state index contributed by atoms with van der Waals surface area (Å²) >= 11 is 0. The molecule has 2 aromatic rings. The van der Waals surface area contributed by atoms with Crippen molar-refractivity contribution in [1.82, 2.24) is 9.80 Å². The molecule has 1 amide bonds. The Morgan fingerprint density at radius 3 is 2.68 bits per heavy atom. The van der Waals surface area contributed by atoms with Gasteiger partial charge in [-0.05, 0) is 30.2 Å². The molecule has 1 unspecified atom stereocenters. The predicted octanol–water partition coefficient (Wildman–Crippen LogP) is 2.55. The average molecular weight is 335 g/mol. The van der Waals surface area contributed by atoms with Gasteiger partial charge in [-0.15, -0.1) is 0 Å². The molecule has 1 N–H and O–H groups in total. The van der Waals surface area contributed by atoms with Crippen molar-refractivity contribution in [2.45, 2.75) is 19.5 Å². The maximum atomic E-state index is 12.7. The summed E-state index contributed by atoms with van der Waals surface area (Å²) in [5.74, 6) is -0.234. The molecule has 0 aromatic heterocycles. The van der Waals surface area contributed by atoms with Crippen LogP contribution in [0.2, 0.25) is 0 Å². The third-order valence-electron chi connectivity index (χ3n) is 4.54. The van der Waals surface area contributed by atoms with Gasteiger partial charge in [0.05, 0.1) is 11.6 Å². The molecule has 3 rings (SSSR count). The molecular formula is C20H21N3O2. The first-order valence-corrected chi connectivity index (χ1v) is 8.35. The fourth-order valence-electron chi connectivity index (χ4n) is 3.13. The Kier molecular flexibility index (Phi) is 5.01. The summed E-state index contributed by atoms with van der Waals surface area (Å²) < 4.78 is 0. The highest BCUT2D eigenvalue weighted by atomic mass is 16.3. The Morgan fingerprint density at radius 2 is 2.00 bits per heavy atom. The molecule has 1 aliphatic rings. The molecule has 1 saturated heterocycles. The minimum absolute atomic E-state index is 0.00905. The summed E-state index contributed by atoms with van der Waals surface area (Å²) in [6, 6.07) is 17.0. The minimum Gasteiger partial charge on any atom is -0.507 e. The number of rotatable bonds is 3. The second kappa shape index (κ2) is 7.37. The van der Waals surface area contributed by atoms with E-state index in [9.17, 15) is 15.2 Å². The van der Waals surface area contributed by atoms with E-state index in [4.69, 9.17) is 0 Å². The predicted molar refractivity (Wildman–Crippen MR) is 95.0 cm³/mol. The van der Waals surface area contributed by atoms with Crippen molar-refractivity contribution in [2.24, 2.45) is 0 Å². The van der Waals surface area contributed by atoms with Gasteiger partial charge in [-0.2, -0.15) is 5.26 Å². The average Bonchev–Trinajstić information content (AvgIpc) is 2.62. The van der Waals surface area contributed by atoms with Gasteiger partial charge >= 0.3 is 0 Å². The summed E-state index contributed by atoms with van der Waals surface area (Å²) in [5, 5.41) is 19.6. The number of phenols is 1. The molecule has 5 heteroatoms. The van der Waals surface area contributed by atoms with Crippen LogP contribution in [0.25, 0.3) is 0 Å². The largest absolute Gasteiger partial charge is 0.507 e. The zero-order valence-corrected chi connectivity index (χ0v) is 14.2. The van der Waals surface area contributed by atoms with Crippen molar-refractivity contribution in [3.8, 4) is 11.8 Å². The highest BCUT2D eigenvalue weighted by Gasteiger charge is 2.30. The fraction of sp³-hybridized carbons (Fsp3) is 0.300. The van der Waals surface area contributed by atoms with Gasteiger partial charge in [0, 0.05) is 26.2 Å². The van der Waals surface area contributed by atoms with Crippen molar-refractivity contribution in [1.29, 1.82) is 5.26 Å². The van der Waals surface area contributed by atoms with Gasteiger partial charge in [-0.3, -0.25) is 9.69 Å². The number of carbonyl (C=O) groups is 1. The third-order valence-corrected chi connectivity index (χ3v) is 4.54. The van der Waals surface area contributed by atoms with Crippen LogP contribution in [0.5, 0.6) is 5.75 Å². The van der Waals surface area contributed by atoms with Crippen LogP contribution < -0.4 is 0 Å². The molecule has 0 saturated carbocycles. The van der Waals surface area contributed by atoms with E-state index in [1.54, 1.807) is 23.1 Å². The maximum Gasteiger partial charge on any atom is 0.257 e. The lowest BCUT2D eigenvalue weighted by Gasteiger charge is -2.38. The zero-order chi connectivity index (χ0) is 17.8. The lowest BCUT2D eigenvalue weighted by molar-refractivity contribution is 0.0549. The Balaban J connectivity index is 1.71. The summed E-state index contributed by atoms with van der Waals surface area (Å²) in [4.78, 5) is 16.4. The minimum atomic E-state index is -0.356. The number of nitriles is 1. The number of nitrogens with zero attached hydrogens (tertiary/aromatic N) is 3. The molecule has 25 heavy (non-hydrogen) atoms. The van der Waals surface area contributed by atoms with Crippen LogP contribution >= 0.6 is 0 Å². The van der Waals surface area contributed by atoms with Crippen molar-refractivity contribution in [2.75, 3.05) is 19.6 Å². The van der Waals surface area contributed by atoms with Crippen molar-refractivity contribution in [3.05, 3.63) is 65.2 Å². The summed E-state index contributed by atoms with van der Waals surface area (Å²) in [7, 11) is 0. The number of benzene rings is 2. The van der Waals surface area contributed by atoms with Crippen LogP contribution in [0.15, 0.2) is 48.5 Å². The second-order valence-electron chi connectivity index (χ2n) is 6.37. The van der Waals surface area contributed by atoms with Crippen LogP contribution in [0.3, 0.4) is 0 Å². The summed E-state index contributed by atoms with van der Waals surface area (Å²) in [6.45, 7) is 4.07. The lowest BCUT2D eigenvalue weighted by atomic mass is 10.1. The number of aryl methyl sites for hydroxylation is 1. The first-order chi connectivity index (χ1) is 12.1. The molecule has 128 valence electrons. The molecule has 0 spiro atoms. The smallest absolute Gasteiger partial charge is 0.257 e. The lowest BCUT2D eigenvalue weighted by Crippen LogP contribution is -2.53. The number of phenolic OH excluding ortho intramolecular Hbond substituents is 1. The summed E-state index contributed by atoms with van der Waals surface area (Å²) in [5.41, 5.74) is 2.34. The Hall–Kier alpha value is -2.84. The normalized spacial score (nSPS) is 17.9. The fourth-order valence-corrected chi connectivity index (χ4v) is 3.13. The van der Waals surface area contributed by atoms with Crippen LogP contribution in [0, 0.1) is 18.3 Å². The molecule has 0 bridgehead atoms. The molecular weight excluding hydrogens is 314 g/mol. The Labute approximate surface area is 147 Å². The molecule has 1 heterocycles. The van der Waals surface area contributed by atoms with E-state index < -0.39 is 0 Å². The van der Waals surface area contributed by atoms with E-state index in [1.807, 2.05) is 37.3 Å². The number of hydrogen-bond acceptors (Lipinski definition) is 4. The number of carbonyl (C=O) groups excluding carboxylic acids is 1. The van der Waals surface area contributed by atoms with Crippen molar-refractivity contribution >= 4 is 5.91 Å².